The maximum absolute atomic E-state index is 5.35. The Labute approximate surface area is 108 Å². The standard InChI is InChI=1S/C11H13N7O/c1-6(8-3-2-4-19-8)14-9-7-5-13-18-10(7)16-11(15-9)17-12/h2-6H,12H2,1H3,(H3,13,14,15,16,17,18). The number of anilines is 2. The first-order chi connectivity index (χ1) is 9.28. The molecule has 3 aromatic rings. The van der Waals surface area contributed by atoms with Crippen LogP contribution in [0.2, 0.25) is 0 Å². The Hall–Kier alpha value is -2.61. The number of nitrogen functional groups attached to an aromatic ring is 1. The minimum Gasteiger partial charge on any atom is -0.467 e. The van der Waals surface area contributed by atoms with Gasteiger partial charge >= 0.3 is 0 Å². The summed E-state index contributed by atoms with van der Waals surface area (Å²) >= 11 is 0. The molecule has 5 N–H and O–H groups in total. The Balaban J connectivity index is 1.97. The SMILES string of the molecule is CC(Nc1nc(NN)nc2[nH]ncc12)c1ccco1. The summed E-state index contributed by atoms with van der Waals surface area (Å²) in [5.74, 6) is 7.11. The van der Waals surface area contributed by atoms with Crippen molar-refractivity contribution in [3.63, 3.8) is 0 Å². The molecule has 1 atom stereocenters. The Kier molecular flexibility index (Phi) is 2.76. The van der Waals surface area contributed by atoms with Gasteiger partial charge < -0.3 is 9.73 Å². The number of hydrogen-bond acceptors (Lipinski definition) is 7. The zero-order valence-electron chi connectivity index (χ0n) is 10.2. The minimum atomic E-state index is -0.0337. The fourth-order valence-corrected chi connectivity index (χ4v) is 1.82. The number of nitrogens with two attached hydrogens (primary N) is 1. The normalized spacial score (nSPS) is 12.5. The molecule has 0 fully saturated rings. The van der Waals surface area contributed by atoms with Crippen LogP contribution >= 0.6 is 0 Å². The van der Waals surface area contributed by atoms with Gasteiger partial charge in [-0.15, -0.1) is 0 Å². The van der Waals surface area contributed by atoms with E-state index in [1.165, 1.54) is 0 Å². The Bertz CT molecular complexity index is 675. The lowest BCUT2D eigenvalue weighted by Crippen LogP contribution is -2.13. The summed E-state index contributed by atoms with van der Waals surface area (Å²) in [4.78, 5) is 8.44. The van der Waals surface area contributed by atoms with Crippen LogP contribution in [0.4, 0.5) is 11.8 Å². The van der Waals surface area contributed by atoms with Crippen LogP contribution in [0.25, 0.3) is 11.0 Å². The van der Waals surface area contributed by atoms with E-state index in [2.05, 4.69) is 30.9 Å². The van der Waals surface area contributed by atoms with E-state index in [1.54, 1.807) is 12.5 Å². The van der Waals surface area contributed by atoms with Crippen molar-refractivity contribution in [1.29, 1.82) is 0 Å². The van der Waals surface area contributed by atoms with Gasteiger partial charge in [0.15, 0.2) is 5.65 Å². The number of hydrogen-bond donors (Lipinski definition) is 4. The molecular weight excluding hydrogens is 246 g/mol. The molecule has 3 aromatic heterocycles. The van der Waals surface area contributed by atoms with Crippen molar-refractivity contribution < 1.29 is 4.42 Å². The summed E-state index contributed by atoms with van der Waals surface area (Å²) < 4.78 is 5.35. The van der Waals surface area contributed by atoms with Gasteiger partial charge in [0.1, 0.15) is 11.6 Å². The molecule has 3 heterocycles. The van der Waals surface area contributed by atoms with E-state index in [-0.39, 0.29) is 6.04 Å². The molecule has 0 aromatic carbocycles. The van der Waals surface area contributed by atoms with Gasteiger partial charge in [-0.05, 0) is 19.1 Å². The number of rotatable bonds is 4. The quantitative estimate of drug-likeness (QED) is 0.413. The lowest BCUT2D eigenvalue weighted by Gasteiger charge is -2.13. The van der Waals surface area contributed by atoms with E-state index in [4.69, 9.17) is 10.3 Å². The van der Waals surface area contributed by atoms with Gasteiger partial charge in [-0.25, -0.2) is 5.84 Å². The topological polar surface area (TPSA) is 118 Å². The fraction of sp³-hybridized carbons (Fsp3) is 0.182. The smallest absolute Gasteiger partial charge is 0.241 e. The maximum Gasteiger partial charge on any atom is 0.241 e. The lowest BCUT2D eigenvalue weighted by atomic mass is 10.2. The van der Waals surface area contributed by atoms with Gasteiger partial charge in [0.25, 0.3) is 0 Å². The molecule has 19 heavy (non-hydrogen) atoms. The highest BCUT2D eigenvalue weighted by Crippen LogP contribution is 2.24. The second-order valence-electron chi connectivity index (χ2n) is 4.05. The highest BCUT2D eigenvalue weighted by Gasteiger charge is 2.13. The second kappa shape index (κ2) is 4.58. The summed E-state index contributed by atoms with van der Waals surface area (Å²) in [5, 5.41) is 10.8. The summed E-state index contributed by atoms with van der Waals surface area (Å²) in [6.45, 7) is 1.97. The molecule has 8 nitrogen and oxygen atoms in total. The zero-order chi connectivity index (χ0) is 13.2. The average Bonchev–Trinajstić information content (AvgIpc) is 3.09. The van der Waals surface area contributed by atoms with Gasteiger partial charge in [0, 0.05) is 0 Å². The molecule has 0 bridgehead atoms. The van der Waals surface area contributed by atoms with Crippen LogP contribution in [0.3, 0.4) is 0 Å². The summed E-state index contributed by atoms with van der Waals surface area (Å²) in [7, 11) is 0. The Morgan fingerprint density at radius 2 is 2.32 bits per heavy atom. The maximum atomic E-state index is 5.35. The number of aromatic nitrogens is 4. The van der Waals surface area contributed by atoms with Gasteiger partial charge in [0.05, 0.1) is 23.9 Å². The van der Waals surface area contributed by atoms with Crippen molar-refractivity contribution >= 4 is 22.8 Å². The molecular formula is C11H13N7O. The molecule has 8 heteroatoms. The molecule has 0 saturated carbocycles. The van der Waals surface area contributed by atoms with Crippen molar-refractivity contribution in [1.82, 2.24) is 20.2 Å². The zero-order valence-corrected chi connectivity index (χ0v) is 10.2. The van der Waals surface area contributed by atoms with Gasteiger partial charge in [-0.3, -0.25) is 10.5 Å². The number of H-pyrrole nitrogens is 1. The molecule has 3 rings (SSSR count). The second-order valence-corrected chi connectivity index (χ2v) is 4.05. The molecule has 1 unspecified atom stereocenters. The monoisotopic (exact) mass is 259 g/mol. The molecule has 98 valence electrons. The molecule has 0 radical (unpaired) electrons. The number of nitrogens with zero attached hydrogens (tertiary/aromatic N) is 3. The van der Waals surface area contributed by atoms with Crippen LogP contribution in [0.1, 0.15) is 18.7 Å². The molecule has 0 aliphatic carbocycles. The first kappa shape index (κ1) is 11.5. The van der Waals surface area contributed by atoms with Crippen LogP contribution in [0.5, 0.6) is 0 Å². The van der Waals surface area contributed by atoms with Crippen LogP contribution < -0.4 is 16.6 Å². The number of furan rings is 1. The molecule has 0 aliphatic rings. The predicted molar refractivity (Wildman–Crippen MR) is 70.2 cm³/mol. The van der Waals surface area contributed by atoms with Crippen LogP contribution in [-0.4, -0.2) is 20.2 Å². The Morgan fingerprint density at radius 3 is 3.05 bits per heavy atom. The van der Waals surface area contributed by atoms with Crippen LogP contribution in [-0.2, 0) is 0 Å². The number of aromatic amines is 1. The van der Waals surface area contributed by atoms with Crippen LogP contribution in [0, 0.1) is 0 Å². The third kappa shape index (κ3) is 2.08. The Morgan fingerprint density at radius 1 is 1.42 bits per heavy atom. The average molecular weight is 259 g/mol. The van der Waals surface area contributed by atoms with E-state index in [0.717, 1.165) is 11.1 Å². The summed E-state index contributed by atoms with van der Waals surface area (Å²) in [6.07, 6.45) is 3.29. The largest absolute Gasteiger partial charge is 0.467 e. The summed E-state index contributed by atoms with van der Waals surface area (Å²) in [6, 6.07) is 3.70. The fourth-order valence-electron chi connectivity index (χ4n) is 1.82. The van der Waals surface area contributed by atoms with E-state index in [9.17, 15) is 0 Å². The van der Waals surface area contributed by atoms with Crippen molar-refractivity contribution in [2.75, 3.05) is 10.7 Å². The minimum absolute atomic E-state index is 0.0337. The first-order valence-corrected chi connectivity index (χ1v) is 5.75. The van der Waals surface area contributed by atoms with Gasteiger partial charge in [0.2, 0.25) is 5.95 Å². The predicted octanol–water partition coefficient (Wildman–Crippen LogP) is 1.40. The third-order valence-electron chi connectivity index (χ3n) is 2.76. The van der Waals surface area contributed by atoms with Crippen molar-refractivity contribution in [3.8, 4) is 0 Å². The molecule has 0 saturated heterocycles. The number of fused-ring (bicyclic) bond motifs is 1. The van der Waals surface area contributed by atoms with E-state index in [1.807, 2.05) is 19.1 Å². The highest BCUT2D eigenvalue weighted by atomic mass is 16.3. The number of nitrogens with one attached hydrogen (secondary N) is 3. The van der Waals surface area contributed by atoms with Crippen molar-refractivity contribution in [2.24, 2.45) is 5.84 Å². The van der Waals surface area contributed by atoms with Gasteiger partial charge in [-0.1, -0.05) is 0 Å². The van der Waals surface area contributed by atoms with Gasteiger partial charge in [-0.2, -0.15) is 15.1 Å². The molecule has 0 aliphatic heterocycles. The molecule has 0 spiro atoms. The highest BCUT2D eigenvalue weighted by molar-refractivity contribution is 5.87. The van der Waals surface area contributed by atoms with E-state index in [0.29, 0.717) is 17.4 Å². The van der Waals surface area contributed by atoms with E-state index >= 15 is 0 Å². The third-order valence-corrected chi connectivity index (χ3v) is 2.76. The van der Waals surface area contributed by atoms with Crippen molar-refractivity contribution in [2.45, 2.75) is 13.0 Å². The first-order valence-electron chi connectivity index (χ1n) is 5.75. The summed E-state index contributed by atoms with van der Waals surface area (Å²) in [5.41, 5.74) is 3.03. The lowest BCUT2D eigenvalue weighted by molar-refractivity contribution is 0.490. The number of hydrazine groups is 1. The van der Waals surface area contributed by atoms with E-state index < -0.39 is 0 Å². The molecule has 0 amide bonds. The van der Waals surface area contributed by atoms with Crippen LogP contribution in [0.15, 0.2) is 29.0 Å². The van der Waals surface area contributed by atoms with Crippen molar-refractivity contribution in [3.05, 3.63) is 30.4 Å².